The van der Waals surface area contributed by atoms with Gasteiger partial charge in [-0.1, -0.05) is 6.07 Å². The van der Waals surface area contributed by atoms with Gasteiger partial charge in [-0.25, -0.2) is 0 Å². The van der Waals surface area contributed by atoms with Crippen molar-refractivity contribution in [2.45, 2.75) is 32.9 Å². The van der Waals surface area contributed by atoms with Crippen molar-refractivity contribution < 1.29 is 9.47 Å². The van der Waals surface area contributed by atoms with E-state index in [0.717, 1.165) is 30.2 Å². The van der Waals surface area contributed by atoms with Crippen LogP contribution in [0.15, 0.2) is 47.3 Å². The molecule has 3 heterocycles. The van der Waals surface area contributed by atoms with Gasteiger partial charge in [-0.15, -0.1) is 0 Å². The van der Waals surface area contributed by atoms with Crippen molar-refractivity contribution in [3.05, 3.63) is 75.2 Å². The second-order valence-electron chi connectivity index (χ2n) is 6.61. The molecule has 0 amide bonds. The summed E-state index contributed by atoms with van der Waals surface area (Å²) in [6.45, 7) is 5.29. The van der Waals surface area contributed by atoms with Crippen LogP contribution in [-0.2, 0) is 13.0 Å². The number of benzene rings is 1. The Labute approximate surface area is 157 Å². The van der Waals surface area contributed by atoms with Gasteiger partial charge >= 0.3 is 0 Å². The van der Waals surface area contributed by atoms with E-state index in [0.29, 0.717) is 6.79 Å². The van der Waals surface area contributed by atoms with Crippen molar-refractivity contribution in [2.24, 2.45) is 0 Å². The summed E-state index contributed by atoms with van der Waals surface area (Å²) < 4.78 is 11.0. The maximum atomic E-state index is 5.53. The number of hydrogen-bond donors (Lipinski definition) is 1. The third-order valence-electron chi connectivity index (χ3n) is 4.77. The fourth-order valence-electron chi connectivity index (χ4n) is 3.28. The van der Waals surface area contributed by atoms with Gasteiger partial charge in [0.25, 0.3) is 0 Å². The number of aromatic nitrogens is 1. The highest BCUT2D eigenvalue weighted by Crippen LogP contribution is 2.34. The molecule has 1 atom stereocenters. The van der Waals surface area contributed by atoms with Gasteiger partial charge in [0, 0.05) is 12.7 Å². The van der Waals surface area contributed by atoms with Crippen LogP contribution in [0.2, 0.25) is 0 Å². The van der Waals surface area contributed by atoms with Crippen molar-refractivity contribution in [3.63, 3.8) is 0 Å². The molecule has 5 heteroatoms. The number of fused-ring (bicyclic) bond motifs is 1. The second kappa shape index (κ2) is 7.48. The Hall–Kier alpha value is -2.37. The summed E-state index contributed by atoms with van der Waals surface area (Å²) in [7, 11) is 0. The third-order valence-corrected chi connectivity index (χ3v) is 5.50. The average molecular weight is 366 g/mol. The lowest BCUT2D eigenvalue weighted by atomic mass is 10.0. The first-order chi connectivity index (χ1) is 12.7. The van der Waals surface area contributed by atoms with E-state index in [1.807, 2.05) is 12.3 Å². The van der Waals surface area contributed by atoms with Gasteiger partial charge in [-0.3, -0.25) is 4.98 Å². The molecular weight excluding hydrogens is 344 g/mol. The van der Waals surface area contributed by atoms with Crippen molar-refractivity contribution in [1.29, 1.82) is 0 Å². The van der Waals surface area contributed by atoms with Crippen molar-refractivity contribution in [2.75, 3.05) is 6.79 Å². The van der Waals surface area contributed by atoms with Crippen molar-refractivity contribution in [1.82, 2.24) is 10.3 Å². The van der Waals surface area contributed by atoms with Gasteiger partial charge in [0.15, 0.2) is 11.5 Å². The molecule has 0 fully saturated rings. The van der Waals surface area contributed by atoms with Crippen LogP contribution in [0.3, 0.4) is 0 Å². The zero-order chi connectivity index (χ0) is 17.9. The fourth-order valence-corrected chi connectivity index (χ4v) is 3.96. The highest BCUT2D eigenvalue weighted by molar-refractivity contribution is 7.07. The van der Waals surface area contributed by atoms with Gasteiger partial charge in [0.2, 0.25) is 6.79 Å². The number of nitrogens with zero attached hydrogens (tertiary/aromatic N) is 1. The van der Waals surface area contributed by atoms with E-state index in [9.17, 15) is 0 Å². The Morgan fingerprint density at radius 3 is 2.77 bits per heavy atom. The molecule has 0 spiro atoms. The first-order valence-electron chi connectivity index (χ1n) is 8.76. The Balaban J connectivity index is 1.56. The Kier molecular flexibility index (Phi) is 4.91. The van der Waals surface area contributed by atoms with Crippen molar-refractivity contribution in [3.8, 4) is 11.5 Å². The summed E-state index contributed by atoms with van der Waals surface area (Å²) >= 11 is 1.73. The third kappa shape index (κ3) is 3.59. The molecule has 4 rings (SSSR count). The minimum atomic E-state index is 0.163. The van der Waals surface area contributed by atoms with E-state index >= 15 is 0 Å². The molecule has 1 aliphatic rings. The zero-order valence-corrected chi connectivity index (χ0v) is 15.8. The van der Waals surface area contributed by atoms with E-state index in [1.165, 1.54) is 22.3 Å². The summed E-state index contributed by atoms with van der Waals surface area (Å²) in [5.41, 5.74) is 6.08. The van der Waals surface area contributed by atoms with Crippen molar-refractivity contribution >= 4 is 11.3 Å². The number of aryl methyl sites for hydroxylation is 2. The summed E-state index contributed by atoms with van der Waals surface area (Å²) in [6.07, 6.45) is 2.79. The number of hydrogen-bond acceptors (Lipinski definition) is 5. The van der Waals surface area contributed by atoms with Crippen LogP contribution in [0.25, 0.3) is 0 Å². The molecule has 4 nitrogen and oxygen atoms in total. The molecule has 134 valence electrons. The van der Waals surface area contributed by atoms with Gasteiger partial charge < -0.3 is 14.8 Å². The maximum Gasteiger partial charge on any atom is 0.231 e. The molecule has 0 radical (unpaired) electrons. The van der Waals surface area contributed by atoms with Crippen LogP contribution >= 0.6 is 11.3 Å². The highest BCUT2D eigenvalue weighted by atomic mass is 32.1. The zero-order valence-electron chi connectivity index (χ0n) is 15.0. The van der Waals surface area contributed by atoms with Gasteiger partial charge in [-0.05, 0) is 77.5 Å². The van der Waals surface area contributed by atoms with Gasteiger partial charge in [0.05, 0.1) is 11.7 Å². The summed E-state index contributed by atoms with van der Waals surface area (Å²) in [4.78, 5) is 4.65. The minimum absolute atomic E-state index is 0.163. The van der Waals surface area contributed by atoms with Crippen LogP contribution in [0.5, 0.6) is 11.5 Å². The van der Waals surface area contributed by atoms with Crippen LogP contribution in [0.1, 0.15) is 34.0 Å². The number of pyridine rings is 1. The molecule has 26 heavy (non-hydrogen) atoms. The molecule has 1 aromatic carbocycles. The Morgan fingerprint density at radius 2 is 2.00 bits per heavy atom. The Bertz CT molecular complexity index is 893. The lowest BCUT2D eigenvalue weighted by Crippen LogP contribution is -2.25. The van der Waals surface area contributed by atoms with E-state index in [4.69, 9.17) is 9.47 Å². The number of ether oxygens (including phenoxy) is 2. The molecule has 0 saturated heterocycles. The number of rotatable bonds is 6. The van der Waals surface area contributed by atoms with E-state index in [2.05, 4.69) is 59.2 Å². The van der Waals surface area contributed by atoms with Gasteiger partial charge in [0.1, 0.15) is 0 Å². The first-order valence-corrected chi connectivity index (χ1v) is 9.70. The quantitative estimate of drug-likeness (QED) is 0.694. The van der Waals surface area contributed by atoms with Crippen LogP contribution < -0.4 is 14.8 Å². The highest BCUT2D eigenvalue weighted by Gasteiger charge is 2.19. The van der Waals surface area contributed by atoms with E-state index in [-0.39, 0.29) is 6.04 Å². The molecule has 0 unspecified atom stereocenters. The first kappa shape index (κ1) is 17.1. The Morgan fingerprint density at radius 1 is 1.15 bits per heavy atom. The number of thiophene rings is 1. The van der Waals surface area contributed by atoms with Crippen LogP contribution in [0.4, 0.5) is 0 Å². The van der Waals surface area contributed by atoms with E-state index < -0.39 is 0 Å². The second-order valence-corrected chi connectivity index (χ2v) is 7.39. The normalized spacial score (nSPS) is 13.8. The SMILES string of the molecule is Cc1cc2c(cc1CN[C@@H](Cc1ccsc1)c1ncccc1C)OCO2. The summed E-state index contributed by atoms with van der Waals surface area (Å²) in [6, 6.07) is 10.6. The molecule has 0 bridgehead atoms. The predicted octanol–water partition coefficient (Wildman–Crippen LogP) is 4.56. The smallest absolute Gasteiger partial charge is 0.231 e. The van der Waals surface area contributed by atoms with Gasteiger partial charge in [-0.2, -0.15) is 11.3 Å². The van der Waals surface area contributed by atoms with Crippen LogP contribution in [-0.4, -0.2) is 11.8 Å². The minimum Gasteiger partial charge on any atom is -0.454 e. The number of nitrogens with one attached hydrogen (secondary N) is 1. The predicted molar refractivity (Wildman–Crippen MR) is 104 cm³/mol. The molecule has 1 N–H and O–H groups in total. The molecule has 0 aliphatic carbocycles. The maximum absolute atomic E-state index is 5.53. The molecule has 1 aliphatic heterocycles. The monoisotopic (exact) mass is 366 g/mol. The molecule has 3 aromatic rings. The lowest BCUT2D eigenvalue weighted by Gasteiger charge is -2.20. The molecule has 0 saturated carbocycles. The summed E-state index contributed by atoms with van der Waals surface area (Å²) in [5.74, 6) is 1.66. The lowest BCUT2D eigenvalue weighted by molar-refractivity contribution is 0.174. The summed E-state index contributed by atoms with van der Waals surface area (Å²) in [5, 5.41) is 8.04. The fraction of sp³-hybridized carbons (Fsp3) is 0.286. The standard InChI is InChI=1S/C21H22N2O2S/c1-14-4-3-6-22-21(14)18(9-16-5-7-26-12-16)23-11-17-10-20-19(8-15(17)2)24-13-25-20/h3-8,10,12,18,23H,9,11,13H2,1-2H3/t18-/m0/s1. The topological polar surface area (TPSA) is 43.4 Å². The largest absolute Gasteiger partial charge is 0.454 e. The van der Waals surface area contributed by atoms with Crippen LogP contribution in [0, 0.1) is 13.8 Å². The van der Waals surface area contributed by atoms with E-state index in [1.54, 1.807) is 11.3 Å². The molecular formula is C21H22N2O2S. The average Bonchev–Trinajstić information content (AvgIpc) is 3.30. The molecule has 2 aromatic heterocycles.